The molecule has 5 heteroatoms. The predicted octanol–water partition coefficient (Wildman–Crippen LogP) is 1.93. The third-order valence-electron chi connectivity index (χ3n) is 4.16. The molecule has 0 aromatic heterocycles. The van der Waals surface area contributed by atoms with Crippen molar-refractivity contribution in [2.75, 3.05) is 33.2 Å². The molecule has 0 saturated carbocycles. The molecule has 0 radical (unpaired) electrons. The molecule has 0 spiro atoms. The fraction of sp³-hybridized carbons (Fsp3) is 0.294. The first-order valence-corrected chi connectivity index (χ1v) is 7.31. The fourth-order valence-electron chi connectivity index (χ4n) is 2.88. The van der Waals surface area contributed by atoms with Crippen LogP contribution in [0.15, 0.2) is 36.4 Å². The van der Waals surface area contributed by atoms with Crippen LogP contribution in [0.25, 0.3) is 10.8 Å². The molecule has 22 heavy (non-hydrogen) atoms. The van der Waals surface area contributed by atoms with Crippen LogP contribution in [-0.2, 0) is 0 Å². The number of hydrogen-bond donors (Lipinski definition) is 1. The normalized spacial score (nSPS) is 16.0. The van der Waals surface area contributed by atoms with E-state index in [-0.39, 0.29) is 11.5 Å². The zero-order valence-electron chi connectivity index (χ0n) is 12.5. The van der Waals surface area contributed by atoms with Crippen molar-refractivity contribution in [2.24, 2.45) is 0 Å². The summed E-state index contributed by atoms with van der Waals surface area (Å²) >= 11 is 0. The Morgan fingerprint density at radius 2 is 1.55 bits per heavy atom. The van der Waals surface area contributed by atoms with Gasteiger partial charge in [0.2, 0.25) is 0 Å². The number of benzene rings is 2. The Morgan fingerprint density at radius 1 is 0.955 bits per heavy atom. The van der Waals surface area contributed by atoms with E-state index in [2.05, 4.69) is 4.90 Å². The maximum Gasteiger partial charge on any atom is 0.336 e. The van der Waals surface area contributed by atoms with Gasteiger partial charge in [-0.3, -0.25) is 4.79 Å². The first-order chi connectivity index (χ1) is 10.6. The summed E-state index contributed by atoms with van der Waals surface area (Å²) < 4.78 is 0. The minimum atomic E-state index is -1.01. The molecular weight excluding hydrogens is 280 g/mol. The summed E-state index contributed by atoms with van der Waals surface area (Å²) in [5, 5.41) is 10.7. The number of amides is 1. The molecule has 1 heterocycles. The van der Waals surface area contributed by atoms with Crippen molar-refractivity contribution in [2.45, 2.75) is 0 Å². The van der Waals surface area contributed by atoms with Gasteiger partial charge in [0.15, 0.2) is 0 Å². The molecule has 0 atom stereocenters. The highest BCUT2D eigenvalue weighted by Crippen LogP contribution is 2.25. The quantitative estimate of drug-likeness (QED) is 0.920. The van der Waals surface area contributed by atoms with Gasteiger partial charge in [-0.1, -0.05) is 24.3 Å². The van der Waals surface area contributed by atoms with Gasteiger partial charge >= 0.3 is 5.97 Å². The molecule has 0 aliphatic carbocycles. The van der Waals surface area contributed by atoms with E-state index < -0.39 is 5.97 Å². The van der Waals surface area contributed by atoms with E-state index in [4.69, 9.17) is 0 Å². The van der Waals surface area contributed by atoms with Crippen molar-refractivity contribution >= 4 is 22.6 Å². The second-order valence-corrected chi connectivity index (χ2v) is 5.61. The molecule has 1 amide bonds. The Labute approximate surface area is 128 Å². The second kappa shape index (κ2) is 5.77. The van der Waals surface area contributed by atoms with Gasteiger partial charge in [0.25, 0.3) is 5.91 Å². The van der Waals surface area contributed by atoms with Crippen LogP contribution in [-0.4, -0.2) is 60.0 Å². The van der Waals surface area contributed by atoms with E-state index in [9.17, 15) is 14.7 Å². The largest absolute Gasteiger partial charge is 0.478 e. The summed E-state index contributed by atoms with van der Waals surface area (Å²) in [7, 11) is 2.03. The number of likely N-dealkylation sites (N-methyl/N-ethyl adjacent to an activating group) is 1. The third-order valence-corrected chi connectivity index (χ3v) is 4.16. The summed E-state index contributed by atoms with van der Waals surface area (Å²) in [5.41, 5.74) is 0.649. The van der Waals surface area contributed by atoms with Gasteiger partial charge in [0.05, 0.1) is 5.56 Å². The molecule has 114 valence electrons. The minimum Gasteiger partial charge on any atom is -0.478 e. The molecule has 5 nitrogen and oxygen atoms in total. The van der Waals surface area contributed by atoms with Gasteiger partial charge in [0, 0.05) is 37.1 Å². The predicted molar refractivity (Wildman–Crippen MR) is 84.3 cm³/mol. The Balaban J connectivity index is 2.07. The van der Waals surface area contributed by atoms with Crippen LogP contribution in [0.4, 0.5) is 0 Å². The monoisotopic (exact) mass is 298 g/mol. The van der Waals surface area contributed by atoms with Crippen LogP contribution in [0.2, 0.25) is 0 Å². The molecule has 1 aliphatic rings. The Hall–Kier alpha value is -2.40. The van der Waals surface area contributed by atoms with E-state index >= 15 is 0 Å². The topological polar surface area (TPSA) is 60.9 Å². The zero-order valence-corrected chi connectivity index (χ0v) is 12.5. The number of carbonyl (C=O) groups is 2. The maximum absolute atomic E-state index is 12.8. The Kier molecular flexibility index (Phi) is 3.81. The van der Waals surface area contributed by atoms with Gasteiger partial charge in [0.1, 0.15) is 0 Å². The standard InChI is InChI=1S/C17H18N2O3/c1-18-8-10-19(11-9-18)16(20)13-6-2-4-12-5-3-7-14(15(12)13)17(21)22/h2-7H,8-11H2,1H3,(H,21,22). The lowest BCUT2D eigenvalue weighted by Crippen LogP contribution is -2.47. The van der Waals surface area contributed by atoms with Crippen LogP contribution in [0.1, 0.15) is 20.7 Å². The van der Waals surface area contributed by atoms with Gasteiger partial charge in [-0.2, -0.15) is 0 Å². The highest BCUT2D eigenvalue weighted by Gasteiger charge is 2.23. The maximum atomic E-state index is 12.8. The van der Waals surface area contributed by atoms with Gasteiger partial charge in [-0.05, 0) is 24.6 Å². The molecule has 1 aliphatic heterocycles. The second-order valence-electron chi connectivity index (χ2n) is 5.61. The van der Waals surface area contributed by atoms with Crippen molar-refractivity contribution in [1.29, 1.82) is 0 Å². The average molecular weight is 298 g/mol. The van der Waals surface area contributed by atoms with E-state index in [1.165, 1.54) is 0 Å². The molecular formula is C17H18N2O3. The molecule has 1 saturated heterocycles. The van der Waals surface area contributed by atoms with Crippen molar-refractivity contribution in [3.8, 4) is 0 Å². The number of carbonyl (C=O) groups excluding carboxylic acids is 1. The van der Waals surface area contributed by atoms with Gasteiger partial charge in [-0.15, -0.1) is 0 Å². The lowest BCUT2D eigenvalue weighted by molar-refractivity contribution is 0.0666. The number of nitrogens with zero attached hydrogens (tertiary/aromatic N) is 2. The number of rotatable bonds is 2. The summed E-state index contributed by atoms with van der Waals surface area (Å²) in [5.74, 6) is -1.10. The molecule has 3 rings (SSSR count). The number of fused-ring (bicyclic) bond motifs is 1. The first kappa shape index (κ1) is 14.5. The highest BCUT2D eigenvalue weighted by molar-refractivity contribution is 6.14. The van der Waals surface area contributed by atoms with E-state index in [0.29, 0.717) is 24.0 Å². The van der Waals surface area contributed by atoms with Gasteiger partial charge < -0.3 is 14.9 Å². The number of piperazine rings is 1. The van der Waals surface area contributed by atoms with Crippen LogP contribution in [0.3, 0.4) is 0 Å². The lowest BCUT2D eigenvalue weighted by Gasteiger charge is -2.32. The van der Waals surface area contributed by atoms with Gasteiger partial charge in [-0.25, -0.2) is 4.79 Å². The number of carboxylic acid groups (broad SMARTS) is 1. The lowest BCUT2D eigenvalue weighted by atomic mass is 9.98. The van der Waals surface area contributed by atoms with Crippen molar-refractivity contribution in [3.63, 3.8) is 0 Å². The summed E-state index contributed by atoms with van der Waals surface area (Å²) in [6, 6.07) is 10.4. The Bertz CT molecular complexity index is 729. The molecule has 1 N–H and O–H groups in total. The van der Waals surface area contributed by atoms with E-state index in [0.717, 1.165) is 18.5 Å². The summed E-state index contributed by atoms with van der Waals surface area (Å²) in [4.78, 5) is 28.3. The fourth-order valence-corrected chi connectivity index (χ4v) is 2.88. The smallest absolute Gasteiger partial charge is 0.336 e. The molecule has 0 unspecified atom stereocenters. The third kappa shape index (κ3) is 2.55. The highest BCUT2D eigenvalue weighted by atomic mass is 16.4. The van der Waals surface area contributed by atoms with E-state index in [1.807, 2.05) is 19.2 Å². The van der Waals surface area contributed by atoms with E-state index in [1.54, 1.807) is 29.2 Å². The number of carboxylic acids is 1. The van der Waals surface area contributed by atoms with Crippen LogP contribution < -0.4 is 0 Å². The minimum absolute atomic E-state index is 0.0904. The summed E-state index contributed by atoms with van der Waals surface area (Å²) in [6.07, 6.45) is 0. The number of hydrogen-bond acceptors (Lipinski definition) is 3. The molecule has 0 bridgehead atoms. The molecule has 2 aromatic rings. The zero-order chi connectivity index (χ0) is 15.7. The summed E-state index contributed by atoms with van der Waals surface area (Å²) in [6.45, 7) is 3.01. The molecule has 1 fully saturated rings. The van der Waals surface area contributed by atoms with Crippen LogP contribution in [0.5, 0.6) is 0 Å². The Morgan fingerprint density at radius 3 is 2.14 bits per heavy atom. The van der Waals surface area contributed by atoms with Crippen molar-refractivity contribution in [3.05, 3.63) is 47.5 Å². The molecule has 2 aromatic carbocycles. The van der Waals surface area contributed by atoms with Crippen LogP contribution >= 0.6 is 0 Å². The number of aromatic carboxylic acids is 1. The van der Waals surface area contributed by atoms with Crippen molar-refractivity contribution < 1.29 is 14.7 Å². The SMILES string of the molecule is CN1CCN(C(=O)c2cccc3cccc(C(=O)O)c23)CC1. The van der Waals surface area contributed by atoms with Crippen LogP contribution in [0, 0.1) is 0 Å². The first-order valence-electron chi connectivity index (χ1n) is 7.31. The average Bonchev–Trinajstić information content (AvgIpc) is 2.53. The van der Waals surface area contributed by atoms with Crippen molar-refractivity contribution in [1.82, 2.24) is 9.80 Å².